The second-order valence-electron chi connectivity index (χ2n) is 7.36. The lowest BCUT2D eigenvalue weighted by Crippen LogP contribution is -2.41. The highest BCUT2D eigenvalue weighted by atomic mass is 32.2. The summed E-state index contributed by atoms with van der Waals surface area (Å²) in [6.07, 6.45) is -1.53. The Morgan fingerprint density at radius 3 is 2.50 bits per heavy atom. The lowest BCUT2D eigenvalue weighted by Gasteiger charge is -2.19. The molecule has 0 atom stereocenters. The predicted octanol–water partition coefficient (Wildman–Crippen LogP) is 2.43. The number of guanidine groups is 1. The maximum absolute atomic E-state index is 12.5. The third kappa shape index (κ3) is 7.57. The average Bonchev–Trinajstić information content (AvgIpc) is 3.31. The number of aliphatic imine (C=N–C) groups is 1. The Kier molecular flexibility index (Phi) is 6.84. The van der Waals surface area contributed by atoms with E-state index in [-0.39, 0.29) is 23.5 Å². The zero-order valence-electron chi connectivity index (χ0n) is 16.2. The molecule has 0 radical (unpaired) electrons. The molecule has 0 unspecified atom stereocenters. The van der Waals surface area contributed by atoms with E-state index < -0.39 is 22.6 Å². The van der Waals surface area contributed by atoms with Gasteiger partial charge in [0.15, 0.2) is 12.6 Å². The average molecular weight is 421 g/mol. The fourth-order valence-electron chi connectivity index (χ4n) is 2.88. The highest BCUT2D eigenvalue weighted by Crippen LogP contribution is 2.46. The van der Waals surface area contributed by atoms with Crippen molar-refractivity contribution in [1.82, 2.24) is 10.6 Å². The van der Waals surface area contributed by atoms with Crippen molar-refractivity contribution in [3.63, 3.8) is 0 Å². The van der Waals surface area contributed by atoms with Crippen LogP contribution < -0.4 is 15.4 Å². The van der Waals surface area contributed by atoms with E-state index >= 15 is 0 Å². The molecule has 0 saturated heterocycles. The summed E-state index contributed by atoms with van der Waals surface area (Å²) in [7, 11) is -1.49. The lowest BCUT2D eigenvalue weighted by molar-refractivity contribution is -0.153. The van der Waals surface area contributed by atoms with Crippen molar-refractivity contribution in [3.8, 4) is 5.75 Å². The largest absolute Gasteiger partial charge is 0.484 e. The van der Waals surface area contributed by atoms with E-state index in [9.17, 15) is 21.6 Å². The standard InChI is InChI=1S/C18H26F3N3O3S/c1-13-4-5-14(15(8-13)27-11-18(19,20)21)9-23-16(22-2)24-10-17(6-7-17)12-28(3,25)26/h4-5,8H,6-7,9-12H2,1-3H3,(H2,22,23,24). The summed E-state index contributed by atoms with van der Waals surface area (Å²) in [6.45, 7) is 1.09. The van der Waals surface area contributed by atoms with Crippen molar-refractivity contribution in [2.45, 2.75) is 32.5 Å². The fourth-order valence-corrected chi connectivity index (χ4v) is 4.38. The Bertz CT molecular complexity index is 819. The van der Waals surface area contributed by atoms with Crippen molar-refractivity contribution in [2.75, 3.05) is 32.2 Å². The van der Waals surface area contributed by atoms with E-state index in [0.717, 1.165) is 18.4 Å². The van der Waals surface area contributed by atoms with Gasteiger partial charge in [0, 0.05) is 37.4 Å². The zero-order chi connectivity index (χ0) is 21.0. The molecule has 1 aromatic rings. The van der Waals surface area contributed by atoms with Crippen LogP contribution in [-0.4, -0.2) is 52.8 Å². The van der Waals surface area contributed by atoms with Gasteiger partial charge < -0.3 is 15.4 Å². The molecule has 0 heterocycles. The van der Waals surface area contributed by atoms with Crippen LogP contribution in [0, 0.1) is 12.3 Å². The van der Waals surface area contributed by atoms with Gasteiger partial charge in [0.05, 0.1) is 5.75 Å². The van der Waals surface area contributed by atoms with Gasteiger partial charge in [-0.05, 0) is 31.4 Å². The Morgan fingerprint density at radius 1 is 1.29 bits per heavy atom. The van der Waals surface area contributed by atoms with Crippen LogP contribution in [0.5, 0.6) is 5.75 Å². The number of aryl methyl sites for hydroxylation is 1. The normalized spacial score (nSPS) is 16.6. The van der Waals surface area contributed by atoms with Gasteiger partial charge >= 0.3 is 6.18 Å². The number of hydrogen-bond donors (Lipinski definition) is 2. The van der Waals surface area contributed by atoms with Crippen LogP contribution in [0.1, 0.15) is 24.0 Å². The molecule has 28 heavy (non-hydrogen) atoms. The minimum absolute atomic E-state index is 0.122. The van der Waals surface area contributed by atoms with E-state index in [4.69, 9.17) is 4.74 Å². The number of benzene rings is 1. The van der Waals surface area contributed by atoms with Crippen LogP contribution in [0.2, 0.25) is 0 Å². The fraction of sp³-hybridized carbons (Fsp3) is 0.611. The van der Waals surface area contributed by atoms with Crippen molar-refractivity contribution < 1.29 is 26.3 Å². The number of hydrogen-bond acceptors (Lipinski definition) is 4. The summed E-state index contributed by atoms with van der Waals surface area (Å²) >= 11 is 0. The molecule has 2 N–H and O–H groups in total. The van der Waals surface area contributed by atoms with Gasteiger partial charge in [-0.1, -0.05) is 12.1 Å². The Labute approximate surface area is 163 Å². The Hall–Kier alpha value is -1.97. The summed E-state index contributed by atoms with van der Waals surface area (Å²) in [5.41, 5.74) is 1.09. The van der Waals surface area contributed by atoms with Gasteiger partial charge in [0.2, 0.25) is 0 Å². The molecule has 1 aromatic carbocycles. The predicted molar refractivity (Wildman–Crippen MR) is 102 cm³/mol. The van der Waals surface area contributed by atoms with Crippen molar-refractivity contribution >= 4 is 15.8 Å². The van der Waals surface area contributed by atoms with Crippen LogP contribution in [0.15, 0.2) is 23.2 Å². The summed E-state index contributed by atoms with van der Waals surface area (Å²) in [6, 6.07) is 5.05. The second-order valence-corrected chi connectivity index (χ2v) is 9.50. The molecule has 2 rings (SSSR count). The third-order valence-corrected chi connectivity index (χ3v) is 5.58. The van der Waals surface area contributed by atoms with Crippen molar-refractivity contribution in [1.29, 1.82) is 0 Å². The van der Waals surface area contributed by atoms with Crippen LogP contribution in [-0.2, 0) is 16.4 Å². The SMILES string of the molecule is CN=C(NCc1ccc(C)cc1OCC(F)(F)F)NCC1(CS(C)(=O)=O)CC1. The molecule has 1 aliphatic carbocycles. The first-order valence-corrected chi connectivity index (χ1v) is 10.9. The number of rotatable bonds is 8. The Morgan fingerprint density at radius 2 is 1.96 bits per heavy atom. The molecular weight excluding hydrogens is 395 g/mol. The zero-order valence-corrected chi connectivity index (χ0v) is 17.0. The molecule has 0 spiro atoms. The maximum Gasteiger partial charge on any atom is 0.422 e. The van der Waals surface area contributed by atoms with Crippen LogP contribution in [0.3, 0.4) is 0 Å². The summed E-state index contributed by atoms with van der Waals surface area (Å²) in [5, 5.41) is 6.14. The van der Waals surface area contributed by atoms with Crippen LogP contribution in [0.4, 0.5) is 13.2 Å². The third-order valence-electron chi connectivity index (χ3n) is 4.44. The first-order chi connectivity index (χ1) is 12.9. The van der Waals surface area contributed by atoms with E-state index in [1.165, 1.54) is 6.26 Å². The number of alkyl halides is 3. The molecule has 0 aliphatic heterocycles. The smallest absolute Gasteiger partial charge is 0.422 e. The number of ether oxygens (including phenoxy) is 1. The summed E-state index contributed by atoms with van der Waals surface area (Å²) in [4.78, 5) is 4.09. The molecule has 0 bridgehead atoms. The highest BCUT2D eigenvalue weighted by Gasteiger charge is 2.45. The molecule has 1 saturated carbocycles. The van der Waals surface area contributed by atoms with Crippen molar-refractivity contribution in [2.24, 2.45) is 10.4 Å². The molecule has 0 aromatic heterocycles. The topological polar surface area (TPSA) is 79.8 Å². The quantitative estimate of drug-likeness (QED) is 0.498. The first kappa shape index (κ1) is 22.3. The molecule has 1 aliphatic rings. The van der Waals surface area contributed by atoms with Gasteiger partial charge in [-0.3, -0.25) is 4.99 Å². The molecule has 158 valence electrons. The van der Waals surface area contributed by atoms with Crippen molar-refractivity contribution in [3.05, 3.63) is 29.3 Å². The Balaban J connectivity index is 1.94. The number of nitrogens with one attached hydrogen (secondary N) is 2. The lowest BCUT2D eigenvalue weighted by atomic mass is 10.1. The van der Waals surface area contributed by atoms with Gasteiger partial charge in [-0.25, -0.2) is 8.42 Å². The number of halogens is 3. The molecular formula is C18H26F3N3O3S. The maximum atomic E-state index is 12.5. The summed E-state index contributed by atoms with van der Waals surface area (Å²) in [5.74, 6) is 0.732. The molecule has 10 heteroatoms. The monoisotopic (exact) mass is 421 g/mol. The minimum atomic E-state index is -4.41. The van der Waals surface area contributed by atoms with Crippen LogP contribution >= 0.6 is 0 Å². The van der Waals surface area contributed by atoms with E-state index in [1.54, 1.807) is 32.2 Å². The van der Waals surface area contributed by atoms with Gasteiger partial charge in [0.25, 0.3) is 0 Å². The van der Waals surface area contributed by atoms with Gasteiger partial charge in [-0.15, -0.1) is 0 Å². The van der Waals surface area contributed by atoms with E-state index in [1.807, 2.05) is 0 Å². The summed E-state index contributed by atoms with van der Waals surface area (Å²) < 4.78 is 65.4. The second kappa shape index (κ2) is 8.59. The number of sulfone groups is 1. The van der Waals surface area contributed by atoms with Crippen LogP contribution in [0.25, 0.3) is 0 Å². The first-order valence-electron chi connectivity index (χ1n) is 8.83. The molecule has 6 nitrogen and oxygen atoms in total. The van der Waals surface area contributed by atoms with E-state index in [0.29, 0.717) is 18.1 Å². The molecule has 0 amide bonds. The molecule has 1 fully saturated rings. The number of nitrogens with zero attached hydrogens (tertiary/aromatic N) is 1. The highest BCUT2D eigenvalue weighted by molar-refractivity contribution is 7.90. The van der Waals surface area contributed by atoms with Gasteiger partial charge in [0.1, 0.15) is 15.6 Å². The van der Waals surface area contributed by atoms with E-state index in [2.05, 4.69) is 15.6 Å². The minimum Gasteiger partial charge on any atom is -0.484 e. The van der Waals surface area contributed by atoms with Gasteiger partial charge in [-0.2, -0.15) is 13.2 Å².